The molecule has 1 atom stereocenters. The number of hydrogen-bond acceptors (Lipinski definition) is 4. The van der Waals surface area contributed by atoms with Gasteiger partial charge in [0.25, 0.3) is 0 Å². The first-order chi connectivity index (χ1) is 18.0. The van der Waals surface area contributed by atoms with Gasteiger partial charge in [0.1, 0.15) is 6.10 Å². The van der Waals surface area contributed by atoms with Crippen LogP contribution in [0.5, 0.6) is 0 Å². The van der Waals surface area contributed by atoms with Gasteiger partial charge in [0.15, 0.2) is 0 Å². The normalized spacial score (nSPS) is 15.4. The maximum atomic E-state index is 13.1. The first-order valence-corrected chi connectivity index (χ1v) is 12.8. The molecule has 0 spiro atoms. The summed E-state index contributed by atoms with van der Waals surface area (Å²) in [4.78, 5) is 36.7. The molecule has 6 nitrogen and oxygen atoms in total. The summed E-state index contributed by atoms with van der Waals surface area (Å²) in [6.07, 6.45) is 3.73. The Morgan fingerprint density at radius 1 is 0.838 bits per heavy atom. The summed E-state index contributed by atoms with van der Waals surface area (Å²) in [6.45, 7) is 1.49. The zero-order chi connectivity index (χ0) is 25.8. The number of carbonyl (C=O) groups excluding carboxylic acids is 3. The second-order valence-electron chi connectivity index (χ2n) is 9.54. The lowest BCUT2D eigenvalue weighted by atomic mass is 9.91. The topological polar surface area (TPSA) is 84.5 Å². The Labute approximate surface area is 216 Å². The van der Waals surface area contributed by atoms with E-state index in [4.69, 9.17) is 4.74 Å². The Kier molecular flexibility index (Phi) is 7.17. The smallest absolute Gasteiger partial charge is 0.306 e. The van der Waals surface area contributed by atoms with Gasteiger partial charge in [0.2, 0.25) is 11.8 Å². The molecule has 6 heteroatoms. The molecule has 1 heterocycles. The molecule has 1 fully saturated rings. The van der Waals surface area contributed by atoms with Crippen LogP contribution in [0.1, 0.15) is 45.4 Å². The van der Waals surface area contributed by atoms with Crippen molar-refractivity contribution in [2.75, 3.05) is 10.6 Å². The van der Waals surface area contributed by atoms with Gasteiger partial charge in [-0.2, -0.15) is 0 Å². The van der Waals surface area contributed by atoms with Gasteiger partial charge in [-0.1, -0.05) is 60.7 Å². The number of nitrogens with one attached hydrogen (secondary N) is 2. The van der Waals surface area contributed by atoms with E-state index in [-0.39, 0.29) is 23.9 Å². The van der Waals surface area contributed by atoms with Crippen molar-refractivity contribution >= 4 is 50.7 Å². The molecular formula is C31H30N2O4. The number of ether oxygens (including phenoxy) is 1. The third kappa shape index (κ3) is 5.48. The number of amides is 2. The number of hydrogen-bond donors (Lipinski definition) is 2. The van der Waals surface area contributed by atoms with Crippen molar-refractivity contribution in [1.29, 1.82) is 0 Å². The van der Waals surface area contributed by atoms with E-state index in [0.29, 0.717) is 37.1 Å². The number of rotatable bonds is 7. The van der Waals surface area contributed by atoms with E-state index in [2.05, 4.69) is 10.6 Å². The molecule has 1 aliphatic rings. The summed E-state index contributed by atoms with van der Waals surface area (Å²) in [5.74, 6) is -0.405. The van der Waals surface area contributed by atoms with Crippen LogP contribution in [0.25, 0.3) is 32.7 Å². The van der Waals surface area contributed by atoms with Crippen molar-refractivity contribution in [3.8, 4) is 11.1 Å². The highest BCUT2D eigenvalue weighted by Crippen LogP contribution is 2.43. The van der Waals surface area contributed by atoms with Crippen LogP contribution in [0.15, 0.2) is 72.8 Å². The number of fused-ring (bicyclic) bond motifs is 2. The first-order valence-electron chi connectivity index (χ1n) is 12.8. The number of esters is 1. The fraction of sp³-hybridized carbons (Fsp3) is 0.258. The van der Waals surface area contributed by atoms with E-state index < -0.39 is 0 Å². The van der Waals surface area contributed by atoms with Crippen molar-refractivity contribution in [2.24, 2.45) is 0 Å². The molecule has 0 saturated carbocycles. The Bertz CT molecular complexity index is 1490. The maximum Gasteiger partial charge on any atom is 0.306 e. The quantitative estimate of drug-likeness (QED) is 0.276. The summed E-state index contributed by atoms with van der Waals surface area (Å²) in [6, 6.07) is 23.9. The Balaban J connectivity index is 1.52. The van der Waals surface area contributed by atoms with Crippen molar-refractivity contribution in [3.05, 3.63) is 72.8 Å². The average molecular weight is 495 g/mol. The fourth-order valence-corrected chi connectivity index (χ4v) is 5.16. The number of benzene rings is 4. The van der Waals surface area contributed by atoms with Gasteiger partial charge in [0.05, 0.1) is 0 Å². The lowest BCUT2D eigenvalue weighted by molar-refractivity contribution is -0.154. The van der Waals surface area contributed by atoms with Crippen LogP contribution < -0.4 is 10.6 Å². The summed E-state index contributed by atoms with van der Waals surface area (Å²) in [5.41, 5.74) is 3.12. The Hall–Kier alpha value is -4.19. The van der Waals surface area contributed by atoms with Crippen molar-refractivity contribution < 1.29 is 19.1 Å². The predicted octanol–water partition coefficient (Wildman–Crippen LogP) is 6.82. The Morgan fingerprint density at radius 3 is 2.03 bits per heavy atom. The van der Waals surface area contributed by atoms with Crippen molar-refractivity contribution in [2.45, 2.75) is 51.6 Å². The predicted molar refractivity (Wildman–Crippen MR) is 147 cm³/mol. The van der Waals surface area contributed by atoms with Gasteiger partial charge >= 0.3 is 5.97 Å². The van der Waals surface area contributed by atoms with Crippen LogP contribution in [0, 0.1) is 0 Å². The van der Waals surface area contributed by atoms with E-state index in [1.807, 2.05) is 72.8 Å². The average Bonchev–Trinajstić information content (AvgIpc) is 2.89. The minimum atomic E-state index is -0.161. The van der Waals surface area contributed by atoms with E-state index in [0.717, 1.165) is 45.5 Å². The zero-order valence-corrected chi connectivity index (χ0v) is 20.9. The molecule has 2 amide bonds. The summed E-state index contributed by atoms with van der Waals surface area (Å²) in [5, 5.41) is 10.2. The second-order valence-corrected chi connectivity index (χ2v) is 9.54. The standard InChI is InChI=1S/C31H30N2O4/c1-20(34)32-26-18-16-21-8-2-4-12-24(21)30(26)31-25-13-5-3-9-22(25)17-19-27(31)33-28(35)14-6-10-23-11-7-15-29(36)37-23/h2-5,8-9,12-13,16-19,23H,6-7,10-11,14-15H2,1H3,(H,32,34)(H,33,35)/t23-/m0/s1. The molecule has 2 N–H and O–H groups in total. The van der Waals surface area contributed by atoms with Crippen molar-refractivity contribution in [3.63, 3.8) is 0 Å². The Morgan fingerprint density at radius 2 is 1.43 bits per heavy atom. The fourth-order valence-electron chi connectivity index (χ4n) is 5.16. The number of cyclic esters (lactones) is 1. The summed E-state index contributed by atoms with van der Waals surface area (Å²) < 4.78 is 5.39. The van der Waals surface area contributed by atoms with Gasteiger partial charge in [-0.15, -0.1) is 0 Å². The molecule has 5 rings (SSSR count). The van der Waals surface area contributed by atoms with Crippen LogP contribution in [-0.2, 0) is 19.1 Å². The van der Waals surface area contributed by atoms with Crippen LogP contribution in [0.3, 0.4) is 0 Å². The van der Waals surface area contributed by atoms with E-state index >= 15 is 0 Å². The lowest BCUT2D eigenvalue weighted by Crippen LogP contribution is -2.23. The third-order valence-electron chi connectivity index (χ3n) is 6.83. The largest absolute Gasteiger partial charge is 0.462 e. The van der Waals surface area contributed by atoms with Crippen LogP contribution in [-0.4, -0.2) is 23.9 Å². The third-order valence-corrected chi connectivity index (χ3v) is 6.83. The van der Waals surface area contributed by atoms with Gasteiger partial charge in [-0.25, -0.2) is 0 Å². The van der Waals surface area contributed by atoms with Crippen LogP contribution in [0.2, 0.25) is 0 Å². The summed E-state index contributed by atoms with van der Waals surface area (Å²) in [7, 11) is 0. The molecule has 0 aromatic heterocycles. The molecule has 188 valence electrons. The van der Waals surface area contributed by atoms with E-state index in [9.17, 15) is 14.4 Å². The highest BCUT2D eigenvalue weighted by atomic mass is 16.5. The molecule has 4 aromatic rings. The number of carbonyl (C=O) groups is 3. The highest BCUT2D eigenvalue weighted by Gasteiger charge is 2.21. The molecule has 0 aliphatic carbocycles. The SMILES string of the molecule is CC(=O)Nc1ccc2ccccc2c1-c1c(NC(=O)CCC[C@H]2CCCC(=O)O2)ccc2ccccc12. The van der Waals surface area contributed by atoms with Crippen molar-refractivity contribution in [1.82, 2.24) is 0 Å². The first kappa shape index (κ1) is 24.5. The molecule has 4 aromatic carbocycles. The maximum absolute atomic E-state index is 13.1. The minimum absolute atomic E-state index is 0.0961. The van der Waals surface area contributed by atoms with Gasteiger partial charge < -0.3 is 15.4 Å². The van der Waals surface area contributed by atoms with Gasteiger partial charge in [-0.3, -0.25) is 14.4 Å². The van der Waals surface area contributed by atoms with E-state index in [1.165, 1.54) is 6.92 Å². The van der Waals surface area contributed by atoms with Crippen LogP contribution >= 0.6 is 0 Å². The molecule has 0 radical (unpaired) electrons. The monoisotopic (exact) mass is 494 g/mol. The second kappa shape index (κ2) is 10.8. The van der Waals surface area contributed by atoms with Crippen LogP contribution in [0.4, 0.5) is 11.4 Å². The van der Waals surface area contributed by atoms with Gasteiger partial charge in [0, 0.05) is 42.3 Å². The van der Waals surface area contributed by atoms with Gasteiger partial charge in [-0.05, 0) is 59.4 Å². The minimum Gasteiger partial charge on any atom is -0.462 e. The molecule has 1 saturated heterocycles. The number of anilines is 2. The van der Waals surface area contributed by atoms with E-state index in [1.54, 1.807) is 0 Å². The lowest BCUT2D eigenvalue weighted by Gasteiger charge is -2.22. The zero-order valence-electron chi connectivity index (χ0n) is 20.9. The molecule has 0 unspecified atom stereocenters. The highest BCUT2D eigenvalue weighted by molar-refractivity contribution is 6.16. The molecule has 1 aliphatic heterocycles. The molecule has 37 heavy (non-hydrogen) atoms. The molecular weight excluding hydrogens is 464 g/mol. The summed E-state index contributed by atoms with van der Waals surface area (Å²) >= 11 is 0. The molecule has 0 bridgehead atoms.